The quantitative estimate of drug-likeness (QED) is 0.411. The number of nitrogens with zero attached hydrogens (tertiary/aromatic N) is 3. The first-order valence-corrected chi connectivity index (χ1v) is 15.2. The lowest BCUT2D eigenvalue weighted by molar-refractivity contribution is -0.133. The molecule has 232 valence electrons. The van der Waals surface area contributed by atoms with Gasteiger partial charge in [-0.1, -0.05) is 12.1 Å². The third kappa shape index (κ3) is 5.97. The molecule has 4 bridgehead atoms. The molecule has 5 atom stereocenters. The van der Waals surface area contributed by atoms with Crippen LogP contribution in [0.25, 0.3) is 11.1 Å². The molecule has 0 spiro atoms. The predicted molar refractivity (Wildman–Crippen MR) is 158 cm³/mol. The number of carbonyl (C=O) groups excluding carboxylic acids is 2. The van der Waals surface area contributed by atoms with Crippen molar-refractivity contribution in [1.29, 1.82) is 0 Å². The van der Waals surface area contributed by atoms with Gasteiger partial charge >= 0.3 is 0 Å². The van der Waals surface area contributed by atoms with Crippen molar-refractivity contribution in [2.45, 2.75) is 62.6 Å². The van der Waals surface area contributed by atoms with E-state index in [-0.39, 0.29) is 37.3 Å². The molecule has 0 saturated carbocycles. The number of benzene rings is 2. The van der Waals surface area contributed by atoms with E-state index in [1.165, 1.54) is 0 Å². The summed E-state index contributed by atoms with van der Waals surface area (Å²) in [5.74, 6) is 1.45. The van der Waals surface area contributed by atoms with Crippen molar-refractivity contribution in [3.8, 4) is 28.4 Å². The van der Waals surface area contributed by atoms with Crippen molar-refractivity contribution in [3.05, 3.63) is 59.9 Å². The number of fused-ring (bicyclic) bond motifs is 6. The Morgan fingerprint density at radius 2 is 1.89 bits per heavy atom. The molecule has 2 aromatic carbocycles. The molecule has 44 heavy (non-hydrogen) atoms. The average Bonchev–Trinajstić information content (AvgIpc) is 3.76. The second-order valence-corrected chi connectivity index (χ2v) is 12.0. The Morgan fingerprint density at radius 3 is 2.75 bits per heavy atom. The summed E-state index contributed by atoms with van der Waals surface area (Å²) in [6, 6.07) is 10.6. The number of likely N-dealkylation sites (tertiary alicyclic amines) is 1. The zero-order valence-electron chi connectivity index (χ0n) is 24.6. The number of carbonyl (C=O) groups is 2. The summed E-state index contributed by atoms with van der Waals surface area (Å²) in [7, 11) is 1.86. The third-order valence-corrected chi connectivity index (χ3v) is 8.88. The number of aliphatic hydroxyl groups excluding tert-OH is 1. The van der Waals surface area contributed by atoms with Crippen LogP contribution in [0.1, 0.15) is 41.6 Å². The Hall–Kier alpha value is -4.13. The lowest BCUT2D eigenvalue weighted by Crippen LogP contribution is -2.50. The van der Waals surface area contributed by atoms with Crippen LogP contribution in [0.2, 0.25) is 0 Å². The number of ether oxygens (including phenoxy) is 4. The van der Waals surface area contributed by atoms with E-state index >= 15 is 0 Å². The van der Waals surface area contributed by atoms with Crippen LogP contribution in [0.4, 0.5) is 0 Å². The minimum atomic E-state index is -0.658. The average molecular weight is 604 g/mol. The fourth-order valence-electron chi connectivity index (χ4n) is 6.54. The number of aryl methyl sites for hydroxylation is 1. The maximum atomic E-state index is 13.7. The molecule has 3 N–H and O–H groups in total. The van der Waals surface area contributed by atoms with Gasteiger partial charge in [0.1, 0.15) is 11.9 Å². The van der Waals surface area contributed by atoms with Crippen LogP contribution >= 0.6 is 0 Å². The van der Waals surface area contributed by atoms with Gasteiger partial charge in [0.15, 0.2) is 11.5 Å². The van der Waals surface area contributed by atoms with Gasteiger partial charge < -0.3 is 34.7 Å². The van der Waals surface area contributed by atoms with Gasteiger partial charge in [0, 0.05) is 50.9 Å². The second-order valence-electron chi connectivity index (χ2n) is 12.0. The lowest BCUT2D eigenvalue weighted by Gasteiger charge is -2.34. The normalized spacial score (nSPS) is 27.3. The SMILES string of the molecule is Cn1cc(-c2ccc3c(c2)OCC[C@@H]2CC[C@H](O)[C@@H](CNC(=O)[C@@H]4C[C@@H](CN4Cc4ccc5c(c4)OCO5)NC3=O)O2)cn1. The summed E-state index contributed by atoms with van der Waals surface area (Å²) in [4.78, 5) is 29.4. The Labute approximate surface area is 255 Å². The van der Waals surface area contributed by atoms with Crippen LogP contribution < -0.4 is 24.8 Å². The lowest BCUT2D eigenvalue weighted by atomic mass is 9.99. The molecule has 12 nitrogen and oxygen atoms in total. The Morgan fingerprint density at radius 1 is 1.00 bits per heavy atom. The number of aliphatic hydroxyl groups is 1. The van der Waals surface area contributed by atoms with Crippen LogP contribution in [0, 0.1) is 0 Å². The molecule has 4 aliphatic rings. The molecule has 1 aromatic heterocycles. The summed E-state index contributed by atoms with van der Waals surface area (Å²) in [6.45, 7) is 1.70. The highest BCUT2D eigenvalue weighted by molar-refractivity contribution is 5.98. The maximum Gasteiger partial charge on any atom is 0.255 e. The number of nitrogens with one attached hydrogen (secondary N) is 2. The summed E-state index contributed by atoms with van der Waals surface area (Å²) >= 11 is 0. The van der Waals surface area contributed by atoms with E-state index in [9.17, 15) is 14.7 Å². The minimum absolute atomic E-state index is 0.134. The van der Waals surface area contributed by atoms with Gasteiger partial charge in [0.05, 0.1) is 36.6 Å². The van der Waals surface area contributed by atoms with Crippen molar-refractivity contribution in [2.24, 2.45) is 7.05 Å². The van der Waals surface area contributed by atoms with Crippen molar-refractivity contribution < 1.29 is 33.6 Å². The largest absolute Gasteiger partial charge is 0.493 e. The van der Waals surface area contributed by atoms with E-state index in [1.54, 1.807) is 16.9 Å². The number of hydrogen-bond donors (Lipinski definition) is 3. The monoisotopic (exact) mass is 603 g/mol. The van der Waals surface area contributed by atoms with Gasteiger partial charge in [-0.05, 0) is 54.7 Å². The molecule has 2 saturated heterocycles. The van der Waals surface area contributed by atoms with Gasteiger partial charge in [-0.15, -0.1) is 0 Å². The zero-order chi connectivity index (χ0) is 30.2. The molecule has 2 fully saturated rings. The van der Waals surface area contributed by atoms with E-state index in [2.05, 4.69) is 20.6 Å². The topological polar surface area (TPSA) is 136 Å². The summed E-state index contributed by atoms with van der Waals surface area (Å²) in [6.07, 6.45) is 4.68. The second kappa shape index (κ2) is 12.1. The van der Waals surface area contributed by atoms with Crippen molar-refractivity contribution in [2.75, 3.05) is 26.5 Å². The molecule has 3 aromatic rings. The van der Waals surface area contributed by atoms with E-state index in [1.807, 2.05) is 43.6 Å². The fraction of sp³-hybridized carbons (Fsp3) is 0.469. The van der Waals surface area contributed by atoms with Crippen LogP contribution in [0.5, 0.6) is 17.2 Å². The fourth-order valence-corrected chi connectivity index (χ4v) is 6.54. The van der Waals surface area contributed by atoms with E-state index in [0.29, 0.717) is 68.2 Å². The molecular formula is C32H37N5O7. The number of hydrogen-bond acceptors (Lipinski definition) is 9. The molecule has 0 aliphatic carbocycles. The van der Waals surface area contributed by atoms with E-state index < -0.39 is 18.2 Å². The summed E-state index contributed by atoms with van der Waals surface area (Å²) < 4.78 is 25.2. The molecule has 7 rings (SSSR count). The van der Waals surface area contributed by atoms with Gasteiger partial charge in [-0.25, -0.2) is 0 Å². The predicted octanol–water partition coefficient (Wildman–Crippen LogP) is 2.00. The van der Waals surface area contributed by atoms with Crippen LogP contribution in [0.15, 0.2) is 48.8 Å². The minimum Gasteiger partial charge on any atom is -0.493 e. The van der Waals surface area contributed by atoms with E-state index in [0.717, 1.165) is 16.7 Å². The van der Waals surface area contributed by atoms with Gasteiger partial charge in [-0.3, -0.25) is 19.2 Å². The van der Waals surface area contributed by atoms with Crippen LogP contribution in [-0.4, -0.2) is 88.5 Å². The Balaban J connectivity index is 1.17. The molecule has 0 radical (unpaired) electrons. The zero-order valence-corrected chi connectivity index (χ0v) is 24.6. The first kappa shape index (κ1) is 28.6. The summed E-state index contributed by atoms with van der Waals surface area (Å²) in [5, 5.41) is 21.1. The highest BCUT2D eigenvalue weighted by atomic mass is 16.7. The highest BCUT2D eigenvalue weighted by Gasteiger charge is 2.39. The maximum absolute atomic E-state index is 13.7. The van der Waals surface area contributed by atoms with Crippen molar-refractivity contribution in [1.82, 2.24) is 25.3 Å². The first-order chi connectivity index (χ1) is 21.4. The smallest absolute Gasteiger partial charge is 0.255 e. The van der Waals surface area contributed by atoms with Gasteiger partial charge in [-0.2, -0.15) is 5.10 Å². The third-order valence-electron chi connectivity index (χ3n) is 8.88. The standard InChI is InChI=1S/C32H37N5O7/c1-36-16-21(13-34-36)20-3-5-24-28(11-20)41-9-8-23-4-6-26(38)30(44-23)14-33-32(40)25-12-22(35-31(24)39)17-37(25)15-19-2-7-27-29(10-19)43-18-42-27/h2-3,5,7,10-11,13,16,22-23,25-26,30,38H,4,6,8-9,12,14-15,17-18H2,1H3,(H,33,40)(H,35,39)/t22-,23-,25-,26-,30+/m0/s1. The number of amides is 2. The molecule has 2 amide bonds. The number of aromatic nitrogens is 2. The number of rotatable bonds is 3. The molecule has 5 heterocycles. The molecule has 4 aliphatic heterocycles. The van der Waals surface area contributed by atoms with Crippen molar-refractivity contribution in [3.63, 3.8) is 0 Å². The summed E-state index contributed by atoms with van der Waals surface area (Å²) in [5.41, 5.74) is 3.21. The molecular weight excluding hydrogens is 566 g/mol. The Kier molecular flexibility index (Phi) is 7.87. The van der Waals surface area contributed by atoms with E-state index in [4.69, 9.17) is 18.9 Å². The van der Waals surface area contributed by atoms with Gasteiger partial charge in [0.25, 0.3) is 5.91 Å². The van der Waals surface area contributed by atoms with Crippen LogP contribution in [-0.2, 0) is 23.1 Å². The molecule has 12 heteroatoms. The van der Waals surface area contributed by atoms with Crippen molar-refractivity contribution >= 4 is 11.8 Å². The highest BCUT2D eigenvalue weighted by Crippen LogP contribution is 2.34. The van der Waals surface area contributed by atoms with Crippen LogP contribution in [0.3, 0.4) is 0 Å². The van der Waals surface area contributed by atoms with Gasteiger partial charge in [0.2, 0.25) is 12.7 Å². The first-order valence-electron chi connectivity index (χ1n) is 15.2. The molecule has 0 unspecified atom stereocenters. The Bertz CT molecular complexity index is 1540.